The van der Waals surface area contributed by atoms with Gasteiger partial charge in [-0.1, -0.05) is 19.1 Å². The molecule has 0 aromatic heterocycles. The van der Waals surface area contributed by atoms with Gasteiger partial charge in [0.2, 0.25) is 5.91 Å². The van der Waals surface area contributed by atoms with Gasteiger partial charge in [-0.2, -0.15) is 11.8 Å². The molecular weight excluding hydrogens is 306 g/mol. The molecule has 126 valence electrons. The number of rotatable bonds is 5. The van der Waals surface area contributed by atoms with Crippen LogP contribution in [0.1, 0.15) is 24.5 Å². The minimum Gasteiger partial charge on any atom is -0.325 e. The average Bonchev–Trinajstić information content (AvgIpc) is 3.09. The molecule has 4 nitrogen and oxygen atoms in total. The van der Waals surface area contributed by atoms with E-state index in [2.05, 4.69) is 41.2 Å². The third kappa shape index (κ3) is 4.08. The van der Waals surface area contributed by atoms with Gasteiger partial charge in [-0.3, -0.25) is 14.6 Å². The second-order valence-electron chi connectivity index (χ2n) is 6.54. The van der Waals surface area contributed by atoms with Crippen molar-refractivity contribution in [3.63, 3.8) is 0 Å². The minimum absolute atomic E-state index is 0.107. The average molecular weight is 334 g/mol. The molecule has 23 heavy (non-hydrogen) atoms. The smallest absolute Gasteiger partial charge is 0.238 e. The molecule has 0 unspecified atom stereocenters. The zero-order valence-electron chi connectivity index (χ0n) is 14.2. The van der Waals surface area contributed by atoms with Gasteiger partial charge in [0, 0.05) is 30.6 Å². The Balaban J connectivity index is 1.62. The SMILES string of the molecule is CCN1CCc2c(cccc2NC(=O)CN(C)[C@@H]2CCSC2)C1. The van der Waals surface area contributed by atoms with Gasteiger partial charge in [-0.15, -0.1) is 0 Å². The number of likely N-dealkylation sites (N-methyl/N-ethyl adjacent to an activating group) is 2. The van der Waals surface area contributed by atoms with Gasteiger partial charge in [0.1, 0.15) is 0 Å². The molecule has 3 rings (SSSR count). The number of nitrogens with zero attached hydrogens (tertiary/aromatic N) is 2. The van der Waals surface area contributed by atoms with Crippen molar-refractivity contribution < 1.29 is 4.79 Å². The van der Waals surface area contributed by atoms with Crippen LogP contribution in [0.5, 0.6) is 0 Å². The number of hydrogen-bond acceptors (Lipinski definition) is 4. The summed E-state index contributed by atoms with van der Waals surface area (Å²) >= 11 is 1.98. The standard InChI is InChI=1S/C18H27N3OS/c1-3-21-9-7-16-14(11-21)5-4-6-17(16)19-18(22)12-20(2)15-8-10-23-13-15/h4-6,15H,3,7-13H2,1-2H3,(H,19,22)/t15-/m1/s1. The first-order valence-corrected chi connectivity index (χ1v) is 9.73. The number of carbonyl (C=O) groups excluding carboxylic acids is 1. The summed E-state index contributed by atoms with van der Waals surface area (Å²) in [5.41, 5.74) is 3.69. The number of carbonyl (C=O) groups is 1. The molecule has 5 heteroatoms. The fraction of sp³-hybridized carbons (Fsp3) is 0.611. The summed E-state index contributed by atoms with van der Waals surface area (Å²) in [7, 11) is 2.07. The molecule has 2 aliphatic rings. The number of hydrogen-bond donors (Lipinski definition) is 1. The van der Waals surface area contributed by atoms with Crippen molar-refractivity contribution in [3.8, 4) is 0 Å². The van der Waals surface area contributed by atoms with Crippen molar-refractivity contribution >= 4 is 23.4 Å². The Kier molecular flexibility index (Phi) is 5.62. The molecule has 0 bridgehead atoms. The van der Waals surface area contributed by atoms with Crippen LogP contribution in [0.2, 0.25) is 0 Å². The molecule has 2 heterocycles. The predicted octanol–water partition coefficient (Wildman–Crippen LogP) is 2.44. The summed E-state index contributed by atoms with van der Waals surface area (Å²) in [6.07, 6.45) is 2.22. The second kappa shape index (κ2) is 7.69. The molecule has 0 saturated carbocycles. The van der Waals surface area contributed by atoms with E-state index in [1.54, 1.807) is 0 Å². The fourth-order valence-corrected chi connectivity index (χ4v) is 4.77. The number of fused-ring (bicyclic) bond motifs is 1. The largest absolute Gasteiger partial charge is 0.325 e. The van der Waals surface area contributed by atoms with Crippen LogP contribution >= 0.6 is 11.8 Å². The van der Waals surface area contributed by atoms with Crippen LogP contribution in [0.4, 0.5) is 5.69 Å². The molecule has 1 amide bonds. The highest BCUT2D eigenvalue weighted by Gasteiger charge is 2.23. The first-order valence-electron chi connectivity index (χ1n) is 8.58. The lowest BCUT2D eigenvalue weighted by Crippen LogP contribution is -2.38. The van der Waals surface area contributed by atoms with Gasteiger partial charge in [-0.25, -0.2) is 0 Å². The summed E-state index contributed by atoms with van der Waals surface area (Å²) in [4.78, 5) is 17.1. The van der Waals surface area contributed by atoms with Crippen LogP contribution in [0, 0.1) is 0 Å². The molecule has 1 saturated heterocycles. The lowest BCUT2D eigenvalue weighted by molar-refractivity contribution is -0.117. The maximum atomic E-state index is 12.4. The fourth-order valence-electron chi connectivity index (χ4n) is 3.47. The van der Waals surface area contributed by atoms with E-state index in [0.29, 0.717) is 12.6 Å². The maximum Gasteiger partial charge on any atom is 0.238 e. The van der Waals surface area contributed by atoms with E-state index in [0.717, 1.165) is 37.5 Å². The summed E-state index contributed by atoms with van der Waals surface area (Å²) < 4.78 is 0. The minimum atomic E-state index is 0.107. The molecule has 1 aromatic rings. The van der Waals surface area contributed by atoms with Crippen LogP contribution in [-0.2, 0) is 17.8 Å². The molecule has 0 radical (unpaired) electrons. The number of nitrogens with one attached hydrogen (secondary N) is 1. The van der Waals surface area contributed by atoms with Crippen molar-refractivity contribution in [2.24, 2.45) is 0 Å². The Bertz CT molecular complexity index is 557. The van der Waals surface area contributed by atoms with E-state index in [1.165, 1.54) is 23.3 Å². The van der Waals surface area contributed by atoms with Crippen molar-refractivity contribution in [1.29, 1.82) is 0 Å². The van der Waals surface area contributed by atoms with E-state index < -0.39 is 0 Å². The van der Waals surface area contributed by atoms with Gasteiger partial charge < -0.3 is 5.32 Å². The molecule has 1 aromatic carbocycles. The lowest BCUT2D eigenvalue weighted by atomic mass is 9.97. The zero-order valence-corrected chi connectivity index (χ0v) is 15.0. The monoisotopic (exact) mass is 333 g/mol. The highest BCUT2D eigenvalue weighted by Crippen LogP contribution is 2.26. The maximum absolute atomic E-state index is 12.4. The third-order valence-corrected chi connectivity index (χ3v) is 6.13. The van der Waals surface area contributed by atoms with Gasteiger partial charge in [0.05, 0.1) is 6.54 Å². The number of anilines is 1. The van der Waals surface area contributed by atoms with Gasteiger partial charge in [-0.05, 0) is 49.4 Å². The quantitative estimate of drug-likeness (QED) is 0.898. The number of benzene rings is 1. The summed E-state index contributed by atoms with van der Waals surface area (Å²) in [5.74, 6) is 2.48. The van der Waals surface area contributed by atoms with E-state index in [9.17, 15) is 4.79 Å². The van der Waals surface area contributed by atoms with Gasteiger partial charge in [0.25, 0.3) is 0 Å². The molecular formula is C18H27N3OS. The summed E-state index contributed by atoms with van der Waals surface area (Å²) in [5, 5.41) is 3.15. The van der Waals surface area contributed by atoms with Crippen molar-refractivity contribution in [2.75, 3.05) is 43.5 Å². The normalized spacial score (nSPS) is 21.4. The number of amides is 1. The van der Waals surface area contributed by atoms with Crippen molar-refractivity contribution in [2.45, 2.75) is 32.4 Å². The molecule has 1 N–H and O–H groups in total. The Hall–Kier alpha value is -1.04. The molecule has 2 aliphatic heterocycles. The third-order valence-electron chi connectivity index (χ3n) is 4.99. The van der Waals surface area contributed by atoms with E-state index in [4.69, 9.17) is 0 Å². The molecule has 0 aliphatic carbocycles. The Morgan fingerprint density at radius 3 is 3.09 bits per heavy atom. The van der Waals surface area contributed by atoms with Crippen LogP contribution in [0.15, 0.2) is 18.2 Å². The van der Waals surface area contributed by atoms with Crippen LogP contribution in [0.25, 0.3) is 0 Å². The Morgan fingerprint density at radius 1 is 1.48 bits per heavy atom. The number of thioether (sulfide) groups is 1. The van der Waals surface area contributed by atoms with E-state index in [-0.39, 0.29) is 5.91 Å². The first kappa shape index (κ1) is 16.8. The Morgan fingerprint density at radius 2 is 2.35 bits per heavy atom. The first-order chi connectivity index (χ1) is 11.2. The predicted molar refractivity (Wildman–Crippen MR) is 98.1 cm³/mol. The highest BCUT2D eigenvalue weighted by molar-refractivity contribution is 7.99. The van der Waals surface area contributed by atoms with Crippen LogP contribution in [-0.4, -0.2) is 59.9 Å². The molecule has 1 atom stereocenters. The topological polar surface area (TPSA) is 35.6 Å². The van der Waals surface area contributed by atoms with Crippen LogP contribution in [0.3, 0.4) is 0 Å². The molecule has 0 spiro atoms. The summed E-state index contributed by atoms with van der Waals surface area (Å²) in [6.45, 7) is 5.84. The summed E-state index contributed by atoms with van der Waals surface area (Å²) in [6, 6.07) is 6.84. The highest BCUT2D eigenvalue weighted by atomic mass is 32.2. The Labute approximate surface area is 143 Å². The zero-order chi connectivity index (χ0) is 16.2. The second-order valence-corrected chi connectivity index (χ2v) is 7.69. The van der Waals surface area contributed by atoms with E-state index >= 15 is 0 Å². The van der Waals surface area contributed by atoms with Crippen LogP contribution < -0.4 is 5.32 Å². The van der Waals surface area contributed by atoms with E-state index in [1.807, 2.05) is 17.8 Å². The lowest BCUT2D eigenvalue weighted by Gasteiger charge is -2.29. The molecule has 1 fully saturated rings. The van der Waals surface area contributed by atoms with Crippen molar-refractivity contribution in [1.82, 2.24) is 9.80 Å². The van der Waals surface area contributed by atoms with Crippen molar-refractivity contribution in [3.05, 3.63) is 29.3 Å². The van der Waals surface area contributed by atoms with Gasteiger partial charge in [0.15, 0.2) is 0 Å². The van der Waals surface area contributed by atoms with Gasteiger partial charge >= 0.3 is 0 Å².